The Morgan fingerprint density at radius 3 is 2.51 bits per heavy atom. The molecule has 10 atom stereocenters. The van der Waals surface area contributed by atoms with Crippen molar-refractivity contribution in [1.29, 1.82) is 0 Å². The van der Waals surface area contributed by atoms with Gasteiger partial charge in [-0.25, -0.2) is 10.1 Å². The van der Waals surface area contributed by atoms with Gasteiger partial charge in [-0.05, 0) is 122 Å². The van der Waals surface area contributed by atoms with Crippen molar-refractivity contribution in [1.82, 2.24) is 5.06 Å². The number of aliphatic hydroxyl groups excluding tert-OH is 2. The van der Waals surface area contributed by atoms with Crippen LogP contribution in [0.1, 0.15) is 90.5 Å². The minimum Gasteiger partial charge on any atom is -0.481 e. The first kappa shape index (κ1) is 36.0. The highest BCUT2D eigenvalue weighted by molar-refractivity contribution is 6.30. The van der Waals surface area contributed by atoms with Crippen LogP contribution in [-0.4, -0.2) is 63.2 Å². The molecule has 4 fully saturated rings. The topological polar surface area (TPSA) is 126 Å². The normalized spacial score (nSPS) is 36.6. The first-order chi connectivity index (χ1) is 23.4. The summed E-state index contributed by atoms with van der Waals surface area (Å²) in [6.07, 6.45) is 9.26. The predicted octanol–water partition coefficient (Wildman–Crippen LogP) is 6.33. The van der Waals surface area contributed by atoms with Crippen LogP contribution in [0, 0.1) is 46.3 Å². The van der Waals surface area contributed by atoms with E-state index in [1.165, 1.54) is 24.3 Å². The average Bonchev–Trinajstić information content (AvgIpc) is 3.37. The summed E-state index contributed by atoms with van der Waals surface area (Å²) in [5, 5.41) is 44.5. The highest BCUT2D eigenvalue weighted by atomic mass is 35.5. The molecule has 49 heavy (non-hydrogen) atoms. The standard InChI is InChI=1S/C24H40O4.C16H14ClN3O/c1-14(4-9-22(27)28)18-7-8-19-17-6-5-15-12-16(25)10-11-23(15,2)20(17)13-21(26)24(18,19)3;1-18-15-10-20(21)16(11-5-3-2-4-6-11)13-9-12(17)7-8-14(13)19-15/h14-21,25-26H,4-13H2,1-3H3,(H,27,28);2-9,21H,10H2,1H3/t14-,15-,16-,17?,18-,19?,20?,21+,23+,24-;/m1./s1. The van der Waals surface area contributed by atoms with Crippen LogP contribution in [0.5, 0.6) is 0 Å². The first-order valence-electron chi connectivity index (χ1n) is 18.3. The Balaban J connectivity index is 0.000000177. The molecular formula is C40H54ClN3O5. The monoisotopic (exact) mass is 691 g/mol. The molecule has 5 aliphatic rings. The molecule has 9 heteroatoms. The van der Waals surface area contributed by atoms with Crippen LogP contribution < -0.4 is 10.6 Å². The van der Waals surface area contributed by atoms with Crippen LogP contribution in [0.3, 0.4) is 0 Å². The molecule has 0 bridgehead atoms. The number of halogens is 1. The molecule has 0 saturated heterocycles. The fourth-order valence-corrected chi connectivity index (χ4v) is 11.2. The quantitative estimate of drug-likeness (QED) is 0.291. The maximum absolute atomic E-state index is 11.5. The van der Waals surface area contributed by atoms with Crippen LogP contribution in [-0.2, 0) is 4.79 Å². The molecule has 4 saturated carbocycles. The fraction of sp³-hybridized carbons (Fsp3) is 0.625. The molecule has 7 rings (SSSR count). The highest BCUT2D eigenvalue weighted by Gasteiger charge is 2.63. The minimum atomic E-state index is -0.707. The van der Waals surface area contributed by atoms with E-state index in [-0.39, 0.29) is 36.0 Å². The van der Waals surface area contributed by atoms with Gasteiger partial charge >= 0.3 is 5.97 Å². The molecule has 4 aliphatic carbocycles. The predicted molar refractivity (Wildman–Crippen MR) is 192 cm³/mol. The molecule has 1 heterocycles. The molecule has 8 nitrogen and oxygen atoms in total. The van der Waals surface area contributed by atoms with Crippen LogP contribution >= 0.6 is 11.6 Å². The summed E-state index contributed by atoms with van der Waals surface area (Å²) in [6, 6.07) is 15.1. The SMILES string of the molecule is CN=C1CN(O)C(c2ccccc2)=c2cc(Cl)ccc2=N1.C[C@H](CCC(=O)O)[C@H]1CCC2C3CC[C@@H]4C[C@H](O)CC[C@]4(C)C3C[C@H](O)[C@@]21C. The number of fused-ring (bicyclic) bond motifs is 6. The number of hydroxylamine groups is 2. The van der Waals surface area contributed by atoms with Gasteiger partial charge in [-0.15, -0.1) is 0 Å². The third-order valence-electron chi connectivity index (χ3n) is 13.6. The zero-order chi connectivity index (χ0) is 35.1. The van der Waals surface area contributed by atoms with Gasteiger partial charge in [0, 0.05) is 29.3 Å². The number of carboxylic acid groups (broad SMARTS) is 1. The summed E-state index contributed by atoms with van der Waals surface area (Å²) in [6.45, 7) is 7.22. The van der Waals surface area contributed by atoms with E-state index < -0.39 is 5.97 Å². The van der Waals surface area contributed by atoms with Crippen molar-refractivity contribution in [2.24, 2.45) is 56.3 Å². The summed E-state index contributed by atoms with van der Waals surface area (Å²) in [5.41, 5.74) is 1.79. The lowest BCUT2D eigenvalue weighted by Crippen LogP contribution is -2.58. The number of benzene rings is 2. The van der Waals surface area contributed by atoms with Crippen LogP contribution in [0.15, 0.2) is 58.5 Å². The van der Waals surface area contributed by atoms with Gasteiger partial charge in [0.25, 0.3) is 0 Å². The summed E-state index contributed by atoms with van der Waals surface area (Å²) in [7, 11) is 1.66. The maximum atomic E-state index is 11.5. The van der Waals surface area contributed by atoms with Gasteiger partial charge in [-0.3, -0.25) is 15.0 Å². The van der Waals surface area contributed by atoms with Crippen molar-refractivity contribution < 1.29 is 25.3 Å². The Morgan fingerprint density at radius 1 is 1.04 bits per heavy atom. The zero-order valence-corrected chi connectivity index (χ0v) is 30.2. The van der Waals surface area contributed by atoms with Crippen molar-refractivity contribution in [3.63, 3.8) is 0 Å². The Morgan fingerprint density at radius 2 is 1.80 bits per heavy atom. The molecule has 2 aromatic rings. The van der Waals surface area contributed by atoms with E-state index in [1.54, 1.807) is 13.1 Å². The molecular weight excluding hydrogens is 638 g/mol. The van der Waals surface area contributed by atoms with E-state index >= 15 is 0 Å². The molecule has 0 spiro atoms. The van der Waals surface area contributed by atoms with E-state index in [9.17, 15) is 20.2 Å². The van der Waals surface area contributed by atoms with Crippen molar-refractivity contribution in [3.8, 4) is 0 Å². The average molecular weight is 692 g/mol. The van der Waals surface area contributed by atoms with Crippen LogP contribution in [0.2, 0.25) is 5.02 Å². The lowest BCUT2D eigenvalue weighted by molar-refractivity contribution is -0.175. The lowest BCUT2D eigenvalue weighted by Gasteiger charge is -2.62. The lowest BCUT2D eigenvalue weighted by atomic mass is 9.43. The number of hydrogen-bond donors (Lipinski definition) is 4. The number of nitrogens with zero attached hydrogens (tertiary/aromatic N) is 3. The fourth-order valence-electron chi connectivity index (χ4n) is 11.1. The largest absolute Gasteiger partial charge is 0.481 e. The van der Waals surface area contributed by atoms with Gasteiger partial charge in [0.1, 0.15) is 12.4 Å². The third kappa shape index (κ3) is 6.83. The summed E-state index contributed by atoms with van der Waals surface area (Å²) < 4.78 is 0. The smallest absolute Gasteiger partial charge is 0.303 e. The summed E-state index contributed by atoms with van der Waals surface area (Å²) >= 11 is 6.12. The number of aliphatic carboxylic acids is 1. The molecule has 2 aromatic carbocycles. The molecule has 1 aliphatic heterocycles. The Hall–Kier alpha value is -2.78. The third-order valence-corrected chi connectivity index (χ3v) is 13.9. The summed E-state index contributed by atoms with van der Waals surface area (Å²) in [5.74, 6) is 3.11. The van der Waals surface area contributed by atoms with E-state index in [0.29, 0.717) is 52.1 Å². The Labute approximate surface area is 295 Å². The van der Waals surface area contributed by atoms with Gasteiger partial charge < -0.3 is 15.3 Å². The zero-order valence-electron chi connectivity index (χ0n) is 29.4. The van der Waals surface area contributed by atoms with Gasteiger partial charge in [0.15, 0.2) is 0 Å². The number of carbonyl (C=O) groups is 1. The molecule has 3 unspecified atom stereocenters. The number of amidine groups is 1. The molecule has 0 amide bonds. The van der Waals surface area contributed by atoms with Crippen molar-refractivity contribution >= 4 is 29.1 Å². The number of hydrogen-bond acceptors (Lipinski definition) is 6. The van der Waals surface area contributed by atoms with Gasteiger partial charge in [0.2, 0.25) is 0 Å². The van der Waals surface area contributed by atoms with Crippen molar-refractivity contribution in [3.05, 3.63) is 69.7 Å². The molecule has 0 aromatic heterocycles. The number of carboxylic acids is 1. The minimum absolute atomic E-state index is 0.0591. The molecule has 4 N–H and O–H groups in total. The van der Waals surface area contributed by atoms with E-state index in [1.807, 2.05) is 42.5 Å². The maximum Gasteiger partial charge on any atom is 0.303 e. The second-order valence-corrected chi connectivity index (χ2v) is 16.4. The summed E-state index contributed by atoms with van der Waals surface area (Å²) in [4.78, 5) is 19.7. The van der Waals surface area contributed by atoms with E-state index in [0.717, 1.165) is 54.7 Å². The van der Waals surface area contributed by atoms with Crippen molar-refractivity contribution in [2.75, 3.05) is 13.6 Å². The number of aliphatic hydroxyl groups is 2. The van der Waals surface area contributed by atoms with Crippen LogP contribution in [0.4, 0.5) is 0 Å². The van der Waals surface area contributed by atoms with Gasteiger partial charge in [0.05, 0.1) is 23.3 Å². The Kier molecular flexibility index (Phi) is 10.6. The van der Waals surface area contributed by atoms with Crippen LogP contribution in [0.25, 0.3) is 5.70 Å². The molecule has 266 valence electrons. The second kappa shape index (κ2) is 14.5. The van der Waals surface area contributed by atoms with Gasteiger partial charge in [-0.1, -0.05) is 62.7 Å². The second-order valence-electron chi connectivity index (χ2n) is 16.0. The number of rotatable bonds is 5. The van der Waals surface area contributed by atoms with E-state index in [4.69, 9.17) is 16.7 Å². The Bertz CT molecular complexity index is 1670. The first-order valence-corrected chi connectivity index (χ1v) is 18.7. The molecule has 0 radical (unpaired) electrons. The van der Waals surface area contributed by atoms with E-state index in [2.05, 4.69) is 30.8 Å². The van der Waals surface area contributed by atoms with Gasteiger partial charge in [-0.2, -0.15) is 0 Å². The van der Waals surface area contributed by atoms with Crippen molar-refractivity contribution in [2.45, 2.75) is 97.2 Å². The number of aliphatic imine (C=N–C) groups is 1. The highest BCUT2D eigenvalue weighted by Crippen LogP contribution is 2.68.